The van der Waals surface area contributed by atoms with E-state index in [1.807, 2.05) is 60.6 Å². The van der Waals surface area contributed by atoms with Gasteiger partial charge in [0, 0.05) is 34.8 Å². The van der Waals surface area contributed by atoms with Crippen molar-refractivity contribution in [1.29, 1.82) is 0 Å². The predicted octanol–water partition coefficient (Wildman–Crippen LogP) is 5.44. The Kier molecular flexibility index (Phi) is 4.88. The van der Waals surface area contributed by atoms with Crippen LogP contribution in [0.1, 0.15) is 54.4 Å². The van der Waals surface area contributed by atoms with Crippen molar-refractivity contribution in [3.8, 4) is 0 Å². The van der Waals surface area contributed by atoms with Crippen molar-refractivity contribution >= 4 is 22.6 Å². The van der Waals surface area contributed by atoms with E-state index >= 15 is 0 Å². The molecule has 0 bridgehead atoms. The molecule has 1 amide bonds. The highest BCUT2D eigenvalue weighted by Crippen LogP contribution is 2.40. The fourth-order valence-corrected chi connectivity index (χ4v) is 5.21. The lowest BCUT2D eigenvalue weighted by Gasteiger charge is -2.34. The average molecular weight is 389 g/mol. The third kappa shape index (κ3) is 3.36. The largest absolute Gasteiger partial charge is 0.464 e. The van der Waals surface area contributed by atoms with Gasteiger partial charge in [0.1, 0.15) is 5.58 Å². The fourth-order valence-electron chi connectivity index (χ4n) is 5.21. The molecule has 3 aromatic rings. The molecule has 2 fully saturated rings. The van der Waals surface area contributed by atoms with Crippen LogP contribution in [-0.4, -0.2) is 36.5 Å². The van der Waals surface area contributed by atoms with Gasteiger partial charge in [0.15, 0.2) is 0 Å². The third-order valence-electron chi connectivity index (χ3n) is 6.74. The quantitative estimate of drug-likeness (QED) is 0.597. The normalized spacial score (nSPS) is 22.0. The summed E-state index contributed by atoms with van der Waals surface area (Å²) in [6.07, 6.45) is 7.03. The van der Waals surface area contributed by atoms with Crippen molar-refractivity contribution in [3.05, 3.63) is 65.9 Å². The van der Waals surface area contributed by atoms with E-state index in [4.69, 9.17) is 4.42 Å². The van der Waals surface area contributed by atoms with Gasteiger partial charge in [0.2, 0.25) is 0 Å². The molecule has 5 rings (SSSR count). The molecule has 3 heterocycles. The Morgan fingerprint density at radius 2 is 2.00 bits per heavy atom. The minimum atomic E-state index is 0.0387. The molecule has 0 aliphatic carbocycles. The van der Waals surface area contributed by atoms with Gasteiger partial charge >= 0.3 is 0 Å². The number of carbonyl (C=O) groups excluding carboxylic acids is 1. The minimum absolute atomic E-state index is 0.0387. The Morgan fingerprint density at radius 1 is 1.14 bits per heavy atom. The number of rotatable bonds is 4. The number of hydrogen-bond donors (Lipinski definition) is 0. The number of piperidine rings is 1. The highest BCUT2D eigenvalue weighted by Gasteiger charge is 2.33. The van der Waals surface area contributed by atoms with Gasteiger partial charge in [0.05, 0.1) is 6.26 Å². The van der Waals surface area contributed by atoms with Gasteiger partial charge in [-0.25, -0.2) is 0 Å². The van der Waals surface area contributed by atoms with Crippen LogP contribution in [0.3, 0.4) is 0 Å². The van der Waals surface area contributed by atoms with Crippen molar-refractivity contribution in [2.24, 2.45) is 0 Å². The summed E-state index contributed by atoms with van der Waals surface area (Å²) in [6, 6.07) is 16.4. The van der Waals surface area contributed by atoms with Crippen LogP contribution in [0, 0.1) is 0 Å². The van der Waals surface area contributed by atoms with E-state index in [1.165, 1.54) is 49.7 Å². The predicted molar refractivity (Wildman–Crippen MR) is 117 cm³/mol. The van der Waals surface area contributed by atoms with Crippen LogP contribution < -0.4 is 4.90 Å². The maximum Gasteiger partial charge on any atom is 0.258 e. The first-order valence-corrected chi connectivity index (χ1v) is 10.9. The lowest BCUT2D eigenvalue weighted by atomic mass is 9.85. The van der Waals surface area contributed by atoms with Crippen LogP contribution >= 0.6 is 0 Å². The van der Waals surface area contributed by atoms with Crippen molar-refractivity contribution in [2.75, 3.05) is 24.5 Å². The number of hydrogen-bond acceptors (Lipinski definition) is 3. The van der Waals surface area contributed by atoms with E-state index in [-0.39, 0.29) is 5.91 Å². The Balaban J connectivity index is 1.46. The fraction of sp³-hybridized carbons (Fsp3) is 0.400. The maximum absolute atomic E-state index is 13.1. The first-order valence-electron chi connectivity index (χ1n) is 10.9. The lowest BCUT2D eigenvalue weighted by Crippen LogP contribution is -2.37. The van der Waals surface area contributed by atoms with Crippen LogP contribution in [0.25, 0.3) is 11.0 Å². The molecule has 2 unspecified atom stereocenters. The highest BCUT2D eigenvalue weighted by molar-refractivity contribution is 6.06. The van der Waals surface area contributed by atoms with Crippen molar-refractivity contribution in [3.63, 3.8) is 0 Å². The Labute approximate surface area is 172 Å². The molecule has 1 aromatic heterocycles. The van der Waals surface area contributed by atoms with Crippen LogP contribution in [0.15, 0.2) is 59.2 Å². The average Bonchev–Trinajstić information content (AvgIpc) is 3.40. The van der Waals surface area contributed by atoms with Crippen LogP contribution in [-0.2, 0) is 0 Å². The molecule has 0 N–H and O–H groups in total. The summed E-state index contributed by atoms with van der Waals surface area (Å²) < 4.78 is 5.91. The van der Waals surface area contributed by atoms with Crippen LogP contribution in [0.2, 0.25) is 0 Å². The van der Waals surface area contributed by atoms with Crippen LogP contribution in [0.5, 0.6) is 0 Å². The molecule has 0 radical (unpaired) electrons. The monoisotopic (exact) mass is 388 g/mol. The Bertz CT molecular complexity index is 1010. The molecule has 29 heavy (non-hydrogen) atoms. The van der Waals surface area contributed by atoms with Gasteiger partial charge in [0.25, 0.3) is 5.91 Å². The molecule has 4 heteroatoms. The summed E-state index contributed by atoms with van der Waals surface area (Å²) in [7, 11) is 0. The smallest absolute Gasteiger partial charge is 0.258 e. The van der Waals surface area contributed by atoms with Gasteiger partial charge in [-0.3, -0.25) is 4.79 Å². The number of carbonyl (C=O) groups is 1. The summed E-state index contributed by atoms with van der Waals surface area (Å²) >= 11 is 0. The molecule has 2 atom stereocenters. The number of fused-ring (bicyclic) bond motifs is 2. The summed E-state index contributed by atoms with van der Waals surface area (Å²) in [5.74, 6) is 0.586. The molecule has 2 aliphatic heterocycles. The summed E-state index contributed by atoms with van der Waals surface area (Å²) in [6.45, 7) is 5.11. The molecule has 4 nitrogen and oxygen atoms in total. The molecular weight excluding hydrogens is 360 g/mol. The third-order valence-corrected chi connectivity index (χ3v) is 6.74. The van der Waals surface area contributed by atoms with Gasteiger partial charge in [-0.15, -0.1) is 0 Å². The summed E-state index contributed by atoms with van der Waals surface area (Å²) in [5, 5.41) is 1.17. The molecular formula is C25H28N2O2. The molecule has 2 aliphatic rings. The number of benzene rings is 2. The van der Waals surface area contributed by atoms with Gasteiger partial charge in [-0.1, -0.05) is 18.2 Å². The van der Waals surface area contributed by atoms with E-state index in [2.05, 4.69) is 11.0 Å². The van der Waals surface area contributed by atoms with E-state index < -0.39 is 0 Å². The van der Waals surface area contributed by atoms with Crippen molar-refractivity contribution in [1.82, 2.24) is 4.90 Å². The van der Waals surface area contributed by atoms with Gasteiger partial charge < -0.3 is 14.2 Å². The zero-order valence-electron chi connectivity index (χ0n) is 17.0. The SMILES string of the molecule is CCN(C(=O)c1ccccc1)c1ccc2occ(C3CCN4CCCC4C3)c2c1. The van der Waals surface area contributed by atoms with E-state index in [1.54, 1.807) is 0 Å². The molecule has 2 aromatic carbocycles. The van der Waals surface area contributed by atoms with E-state index in [9.17, 15) is 4.79 Å². The zero-order valence-corrected chi connectivity index (χ0v) is 17.0. The number of nitrogens with zero attached hydrogens (tertiary/aromatic N) is 2. The van der Waals surface area contributed by atoms with Gasteiger partial charge in [-0.05, 0) is 81.9 Å². The summed E-state index contributed by atoms with van der Waals surface area (Å²) in [5.41, 5.74) is 3.89. The Morgan fingerprint density at radius 3 is 2.83 bits per heavy atom. The number of anilines is 1. The van der Waals surface area contributed by atoms with Gasteiger partial charge in [-0.2, -0.15) is 0 Å². The maximum atomic E-state index is 13.1. The van der Waals surface area contributed by atoms with Crippen LogP contribution in [0.4, 0.5) is 5.69 Å². The van der Waals surface area contributed by atoms with Crippen molar-refractivity contribution in [2.45, 2.75) is 44.6 Å². The number of amides is 1. The highest BCUT2D eigenvalue weighted by atomic mass is 16.3. The standard InChI is InChI=1S/C25H28N2O2/c1-2-27(25(28)18-7-4-3-5-8-18)21-10-11-24-22(16-21)23(17-29-24)19-12-14-26-13-6-9-20(26)15-19/h3-5,7-8,10-11,16-17,19-20H,2,6,9,12-15H2,1H3. The van der Waals surface area contributed by atoms with E-state index in [0.717, 1.165) is 22.9 Å². The summed E-state index contributed by atoms with van der Waals surface area (Å²) in [4.78, 5) is 17.6. The second kappa shape index (κ2) is 7.68. The van der Waals surface area contributed by atoms with Crippen molar-refractivity contribution < 1.29 is 9.21 Å². The molecule has 150 valence electrons. The number of furan rings is 1. The lowest BCUT2D eigenvalue weighted by molar-refractivity contribution is 0.0988. The zero-order chi connectivity index (χ0) is 19.8. The molecule has 2 saturated heterocycles. The topological polar surface area (TPSA) is 36.7 Å². The Hall–Kier alpha value is -2.59. The first-order chi connectivity index (χ1) is 14.2. The van der Waals surface area contributed by atoms with E-state index in [0.29, 0.717) is 12.5 Å². The molecule has 0 saturated carbocycles. The first kappa shape index (κ1) is 18.4. The second-order valence-corrected chi connectivity index (χ2v) is 8.34. The minimum Gasteiger partial charge on any atom is -0.464 e. The molecule has 0 spiro atoms. The second-order valence-electron chi connectivity index (χ2n) is 8.34.